The zero-order chi connectivity index (χ0) is 15.3. The molecule has 3 N–H and O–H groups in total. The summed E-state index contributed by atoms with van der Waals surface area (Å²) in [6.45, 7) is 3.79. The SMILES string of the molecule is O=C(NCC1CCN(CCO)CC1)C1CC12CC2.O=CO. The van der Waals surface area contributed by atoms with Gasteiger partial charge in [-0.15, -0.1) is 0 Å². The largest absolute Gasteiger partial charge is 0.483 e. The Hall–Kier alpha value is -1.14. The van der Waals surface area contributed by atoms with E-state index < -0.39 is 0 Å². The van der Waals surface area contributed by atoms with E-state index in [1.807, 2.05) is 0 Å². The Balaban J connectivity index is 0.000000497. The zero-order valence-electron chi connectivity index (χ0n) is 12.5. The Morgan fingerprint density at radius 1 is 1.33 bits per heavy atom. The van der Waals surface area contributed by atoms with Crippen LogP contribution in [0, 0.1) is 17.3 Å². The van der Waals surface area contributed by atoms with Crippen LogP contribution < -0.4 is 5.32 Å². The van der Waals surface area contributed by atoms with Crippen LogP contribution in [-0.4, -0.2) is 60.3 Å². The molecule has 0 aromatic rings. The minimum atomic E-state index is -0.250. The summed E-state index contributed by atoms with van der Waals surface area (Å²) < 4.78 is 0. The Bertz CT molecular complexity index is 363. The molecule has 3 rings (SSSR count). The van der Waals surface area contributed by atoms with E-state index in [1.165, 1.54) is 12.8 Å². The molecule has 1 aliphatic heterocycles. The first-order chi connectivity index (χ1) is 10.1. The summed E-state index contributed by atoms with van der Waals surface area (Å²) in [6.07, 6.45) is 6.01. The summed E-state index contributed by atoms with van der Waals surface area (Å²) in [4.78, 5) is 22.6. The predicted octanol–water partition coefficient (Wildman–Crippen LogP) is 0.308. The van der Waals surface area contributed by atoms with Crippen LogP contribution in [-0.2, 0) is 9.59 Å². The Morgan fingerprint density at radius 2 is 1.95 bits per heavy atom. The van der Waals surface area contributed by atoms with Gasteiger partial charge in [0.2, 0.25) is 5.91 Å². The molecule has 0 bridgehead atoms. The third-order valence-electron chi connectivity index (χ3n) is 5.09. The standard InChI is InChI=1S/C14H24N2O2.CH2O2/c17-8-7-16-5-1-11(2-6-16)10-15-13(18)12-9-14(12)3-4-14;2-1-3/h11-12,17H,1-10H2,(H,15,18);1H,(H,2,3). The van der Waals surface area contributed by atoms with Crippen molar-refractivity contribution in [3.63, 3.8) is 0 Å². The predicted molar refractivity (Wildman–Crippen MR) is 77.7 cm³/mol. The number of amides is 1. The van der Waals surface area contributed by atoms with Gasteiger partial charge in [-0.2, -0.15) is 0 Å². The Kier molecular flexibility index (Phi) is 5.58. The minimum absolute atomic E-state index is 0.250. The molecule has 3 aliphatic rings. The van der Waals surface area contributed by atoms with Crippen LogP contribution in [0.5, 0.6) is 0 Å². The van der Waals surface area contributed by atoms with Gasteiger partial charge in [-0.05, 0) is 56.5 Å². The second-order valence-electron chi connectivity index (χ2n) is 6.48. The fourth-order valence-corrected chi connectivity index (χ4v) is 3.36. The van der Waals surface area contributed by atoms with E-state index in [0.717, 1.165) is 45.4 Å². The molecule has 1 spiro atoms. The van der Waals surface area contributed by atoms with Crippen molar-refractivity contribution < 1.29 is 19.8 Å². The molecule has 21 heavy (non-hydrogen) atoms. The number of carboxylic acid groups (broad SMARTS) is 1. The van der Waals surface area contributed by atoms with Crippen LogP contribution in [0.3, 0.4) is 0 Å². The minimum Gasteiger partial charge on any atom is -0.483 e. The van der Waals surface area contributed by atoms with Crippen molar-refractivity contribution in [2.75, 3.05) is 32.8 Å². The van der Waals surface area contributed by atoms with E-state index in [0.29, 0.717) is 23.2 Å². The van der Waals surface area contributed by atoms with Crippen molar-refractivity contribution in [3.8, 4) is 0 Å². The molecule has 120 valence electrons. The first-order valence-corrected chi connectivity index (χ1v) is 7.84. The molecule has 6 heteroatoms. The lowest BCUT2D eigenvalue weighted by Crippen LogP contribution is -2.40. The maximum Gasteiger partial charge on any atom is 0.290 e. The highest BCUT2D eigenvalue weighted by molar-refractivity contribution is 5.83. The van der Waals surface area contributed by atoms with E-state index in [1.54, 1.807) is 0 Å². The third kappa shape index (κ3) is 4.41. The fraction of sp³-hybridized carbons (Fsp3) is 0.867. The number of aliphatic hydroxyl groups excluding tert-OH is 1. The maximum atomic E-state index is 11.9. The molecule has 0 radical (unpaired) electrons. The zero-order valence-corrected chi connectivity index (χ0v) is 12.5. The molecule has 1 amide bonds. The highest BCUT2D eigenvalue weighted by Gasteiger charge is 2.65. The molecule has 2 aliphatic carbocycles. The topological polar surface area (TPSA) is 89.9 Å². The van der Waals surface area contributed by atoms with Gasteiger partial charge in [0.05, 0.1) is 6.61 Å². The van der Waals surface area contributed by atoms with Crippen LogP contribution >= 0.6 is 0 Å². The molecule has 3 fully saturated rings. The van der Waals surface area contributed by atoms with Crippen molar-refractivity contribution >= 4 is 12.4 Å². The van der Waals surface area contributed by atoms with Gasteiger partial charge in [-0.3, -0.25) is 9.59 Å². The van der Waals surface area contributed by atoms with Crippen LogP contribution in [0.1, 0.15) is 32.1 Å². The van der Waals surface area contributed by atoms with Gasteiger partial charge in [0.1, 0.15) is 0 Å². The number of carbonyl (C=O) groups excluding carboxylic acids is 1. The highest BCUT2D eigenvalue weighted by atomic mass is 16.3. The van der Waals surface area contributed by atoms with E-state index in [-0.39, 0.29) is 13.1 Å². The van der Waals surface area contributed by atoms with Gasteiger partial charge in [0.15, 0.2) is 0 Å². The number of carbonyl (C=O) groups is 2. The highest BCUT2D eigenvalue weighted by Crippen LogP contribution is 2.70. The lowest BCUT2D eigenvalue weighted by molar-refractivity contribution is -0.123. The lowest BCUT2D eigenvalue weighted by atomic mass is 9.97. The molecular formula is C15H26N2O4. The van der Waals surface area contributed by atoms with Gasteiger partial charge < -0.3 is 20.4 Å². The summed E-state index contributed by atoms with van der Waals surface area (Å²) in [5.74, 6) is 1.30. The monoisotopic (exact) mass is 298 g/mol. The first kappa shape index (κ1) is 16.2. The Labute approximate surface area is 125 Å². The number of nitrogens with one attached hydrogen (secondary N) is 1. The quantitative estimate of drug-likeness (QED) is 0.636. The van der Waals surface area contributed by atoms with E-state index in [2.05, 4.69) is 10.2 Å². The van der Waals surface area contributed by atoms with Crippen molar-refractivity contribution in [2.45, 2.75) is 32.1 Å². The summed E-state index contributed by atoms with van der Waals surface area (Å²) in [6, 6.07) is 0. The van der Waals surface area contributed by atoms with Crippen LogP contribution in [0.25, 0.3) is 0 Å². The molecule has 1 heterocycles. The van der Waals surface area contributed by atoms with Gasteiger partial charge in [0, 0.05) is 19.0 Å². The second-order valence-corrected chi connectivity index (χ2v) is 6.48. The van der Waals surface area contributed by atoms with Crippen LogP contribution in [0.15, 0.2) is 0 Å². The molecule has 6 nitrogen and oxygen atoms in total. The summed E-state index contributed by atoms with van der Waals surface area (Å²) in [7, 11) is 0. The molecule has 1 unspecified atom stereocenters. The smallest absolute Gasteiger partial charge is 0.290 e. The average molecular weight is 298 g/mol. The van der Waals surface area contributed by atoms with Gasteiger partial charge in [-0.1, -0.05) is 0 Å². The van der Waals surface area contributed by atoms with Gasteiger partial charge in [-0.25, -0.2) is 0 Å². The van der Waals surface area contributed by atoms with Crippen molar-refractivity contribution in [1.82, 2.24) is 10.2 Å². The molecule has 0 aromatic carbocycles. The third-order valence-corrected chi connectivity index (χ3v) is 5.09. The number of nitrogens with zero attached hydrogens (tertiary/aromatic N) is 1. The fourth-order valence-electron chi connectivity index (χ4n) is 3.36. The van der Waals surface area contributed by atoms with E-state index in [9.17, 15) is 4.79 Å². The molecule has 2 saturated carbocycles. The second kappa shape index (κ2) is 7.22. The molecule has 1 atom stereocenters. The average Bonchev–Trinajstić information content (AvgIpc) is 3.39. The Morgan fingerprint density at radius 3 is 2.43 bits per heavy atom. The first-order valence-electron chi connectivity index (χ1n) is 7.84. The maximum absolute atomic E-state index is 11.9. The number of β-amino-alcohol motifs (C(OH)–C–C–N with tert-alkyl or cyclic N) is 1. The number of aliphatic hydroxyl groups is 1. The van der Waals surface area contributed by atoms with Gasteiger partial charge >= 0.3 is 0 Å². The van der Waals surface area contributed by atoms with Crippen molar-refractivity contribution in [2.24, 2.45) is 17.3 Å². The van der Waals surface area contributed by atoms with E-state index >= 15 is 0 Å². The number of piperidine rings is 1. The normalized spacial score (nSPS) is 26.6. The molecule has 0 aromatic heterocycles. The van der Waals surface area contributed by atoms with Crippen LogP contribution in [0.4, 0.5) is 0 Å². The summed E-state index contributed by atoms with van der Waals surface area (Å²) in [5, 5.41) is 18.9. The van der Waals surface area contributed by atoms with Crippen LogP contribution in [0.2, 0.25) is 0 Å². The van der Waals surface area contributed by atoms with E-state index in [4.69, 9.17) is 15.0 Å². The van der Waals surface area contributed by atoms with Crippen molar-refractivity contribution in [1.29, 1.82) is 0 Å². The number of hydrogen-bond donors (Lipinski definition) is 3. The molecule has 1 saturated heterocycles. The number of rotatable bonds is 5. The summed E-state index contributed by atoms with van der Waals surface area (Å²) >= 11 is 0. The summed E-state index contributed by atoms with van der Waals surface area (Å²) in [5.41, 5.74) is 0.481. The lowest BCUT2D eigenvalue weighted by Gasteiger charge is -2.31. The van der Waals surface area contributed by atoms with Gasteiger partial charge in [0.25, 0.3) is 6.47 Å². The van der Waals surface area contributed by atoms with Crippen molar-refractivity contribution in [3.05, 3.63) is 0 Å². The number of hydrogen-bond acceptors (Lipinski definition) is 4. The molecular weight excluding hydrogens is 272 g/mol. The number of likely N-dealkylation sites (tertiary alicyclic amines) is 1.